The molecule has 2 rings (SSSR count). The molecule has 27 heavy (non-hydrogen) atoms. The van der Waals surface area contributed by atoms with Crippen molar-refractivity contribution in [2.75, 3.05) is 5.32 Å². The van der Waals surface area contributed by atoms with Gasteiger partial charge in [-0.25, -0.2) is 0 Å². The summed E-state index contributed by atoms with van der Waals surface area (Å²) < 4.78 is 8.67. The number of ether oxygens (including phenoxy) is 1. The van der Waals surface area contributed by atoms with E-state index >= 15 is 0 Å². The number of allylic oxidation sites excluding steroid dienone is 2. The van der Waals surface area contributed by atoms with Crippen LogP contribution in [0.25, 0.3) is 16.2 Å². The molecule has 0 spiro atoms. The van der Waals surface area contributed by atoms with Crippen LogP contribution in [0.1, 0.15) is 25.0 Å². The van der Waals surface area contributed by atoms with Crippen LogP contribution in [0.5, 0.6) is 0 Å². The van der Waals surface area contributed by atoms with Crippen LogP contribution in [0.3, 0.4) is 0 Å². The van der Waals surface area contributed by atoms with Crippen LogP contribution in [-0.4, -0.2) is 5.91 Å². The number of hydrogen-bond acceptors (Lipinski definition) is 6. The fourth-order valence-corrected chi connectivity index (χ4v) is 3.75. The molecule has 0 aliphatic rings. The molecule has 2 aromatic rings. The summed E-state index contributed by atoms with van der Waals surface area (Å²) in [7, 11) is 0. The number of benzene rings is 1. The Bertz CT molecular complexity index is 914. The minimum absolute atomic E-state index is 0.270. The van der Waals surface area contributed by atoms with Crippen molar-refractivity contribution < 1.29 is 9.53 Å². The molecule has 0 atom stereocenters. The summed E-state index contributed by atoms with van der Waals surface area (Å²) in [5, 5.41) is 3.59. The third kappa shape index (κ3) is 5.18. The number of nitrogens with one attached hydrogen (secondary N) is 2. The number of thiophene rings is 1. The highest BCUT2D eigenvalue weighted by molar-refractivity contribution is 8.02. The zero-order valence-corrected chi connectivity index (χ0v) is 17.0. The monoisotopic (exact) mass is 399 g/mol. The van der Waals surface area contributed by atoms with Gasteiger partial charge in [0.1, 0.15) is 5.76 Å². The Hall–Kier alpha value is -2.64. The number of amides is 1. The molecule has 0 aliphatic heterocycles. The maximum atomic E-state index is 12.2. The van der Waals surface area contributed by atoms with Crippen LogP contribution in [0.15, 0.2) is 64.7 Å². The average molecular weight is 400 g/mol. The summed E-state index contributed by atoms with van der Waals surface area (Å²) in [6, 6.07) is 9.97. The molecule has 1 aromatic heterocycles. The molecule has 0 unspecified atom stereocenters. The first kappa shape index (κ1) is 20.7. The van der Waals surface area contributed by atoms with E-state index in [1.54, 1.807) is 13.0 Å². The van der Waals surface area contributed by atoms with E-state index in [9.17, 15) is 4.79 Å². The van der Waals surface area contributed by atoms with Crippen molar-refractivity contribution >= 4 is 40.0 Å². The zero-order valence-electron chi connectivity index (χ0n) is 15.4. The van der Waals surface area contributed by atoms with E-state index < -0.39 is 0 Å². The molecule has 0 saturated heterocycles. The van der Waals surface area contributed by atoms with E-state index in [1.165, 1.54) is 17.6 Å². The topological polar surface area (TPSA) is 74.5 Å². The standard InChI is InChI=1S/C20H21N3O2S2/c1-5-16(25-7-3)14-9-8-13(4)15(12-14)18-10-11-19(26-18)22-20(24)17(6-2)27-23-21/h5-12,21H,3H2,1-2,4H3,(H,22,24)/b16-5-,17-6+,23-21?. The number of anilines is 1. The molecule has 1 heterocycles. The van der Waals surface area contributed by atoms with Gasteiger partial charge in [0.05, 0.1) is 16.2 Å². The van der Waals surface area contributed by atoms with E-state index in [-0.39, 0.29) is 5.91 Å². The van der Waals surface area contributed by atoms with Crippen molar-refractivity contribution in [3.05, 3.63) is 71.4 Å². The van der Waals surface area contributed by atoms with E-state index in [2.05, 4.69) is 22.5 Å². The number of aryl methyl sites for hydroxylation is 1. The van der Waals surface area contributed by atoms with Crippen LogP contribution in [-0.2, 0) is 9.53 Å². The van der Waals surface area contributed by atoms with Crippen molar-refractivity contribution in [2.45, 2.75) is 20.8 Å². The molecular formula is C20H21N3O2S2. The van der Waals surface area contributed by atoms with Crippen LogP contribution < -0.4 is 5.32 Å². The number of carbonyl (C=O) groups excluding carboxylic acids is 1. The minimum Gasteiger partial charge on any atom is -0.465 e. The van der Waals surface area contributed by atoms with Gasteiger partial charge in [0, 0.05) is 22.4 Å². The van der Waals surface area contributed by atoms with Gasteiger partial charge in [0.2, 0.25) is 0 Å². The molecule has 140 valence electrons. The summed E-state index contributed by atoms with van der Waals surface area (Å²) in [5.74, 6) is 0.471. The molecule has 0 aliphatic carbocycles. The molecule has 2 N–H and O–H groups in total. The number of nitrogens with zero attached hydrogens (tertiary/aromatic N) is 1. The van der Waals surface area contributed by atoms with Crippen LogP contribution in [0.2, 0.25) is 0 Å². The van der Waals surface area contributed by atoms with Crippen molar-refractivity contribution in [1.82, 2.24) is 0 Å². The van der Waals surface area contributed by atoms with Crippen molar-refractivity contribution in [2.24, 2.45) is 4.52 Å². The Balaban J connectivity index is 2.29. The fourth-order valence-electron chi connectivity index (χ4n) is 2.43. The normalized spacial score (nSPS) is 11.8. The number of carbonyl (C=O) groups is 1. The lowest BCUT2D eigenvalue weighted by Gasteiger charge is -2.10. The van der Waals surface area contributed by atoms with E-state index in [4.69, 9.17) is 10.3 Å². The lowest BCUT2D eigenvalue weighted by molar-refractivity contribution is -0.112. The highest BCUT2D eigenvalue weighted by Gasteiger charge is 2.13. The lowest BCUT2D eigenvalue weighted by Crippen LogP contribution is -2.11. The van der Waals surface area contributed by atoms with Crippen molar-refractivity contribution in [3.8, 4) is 10.4 Å². The van der Waals surface area contributed by atoms with Gasteiger partial charge in [-0.2, -0.15) is 5.53 Å². The minimum atomic E-state index is -0.270. The van der Waals surface area contributed by atoms with Crippen LogP contribution in [0.4, 0.5) is 5.00 Å². The third-order valence-electron chi connectivity index (χ3n) is 3.73. The Labute approximate surface area is 167 Å². The zero-order chi connectivity index (χ0) is 19.8. The highest BCUT2D eigenvalue weighted by atomic mass is 32.2. The van der Waals surface area contributed by atoms with E-state index in [0.29, 0.717) is 4.91 Å². The number of rotatable bonds is 8. The predicted octanol–water partition coefficient (Wildman–Crippen LogP) is 6.77. The van der Waals surface area contributed by atoms with Crippen LogP contribution in [0, 0.1) is 12.5 Å². The third-order valence-corrected chi connectivity index (χ3v) is 5.48. The molecule has 0 fully saturated rings. The summed E-state index contributed by atoms with van der Waals surface area (Å²) in [4.78, 5) is 13.7. The molecule has 0 radical (unpaired) electrons. The summed E-state index contributed by atoms with van der Waals surface area (Å²) in [6.07, 6.45) is 4.94. The quantitative estimate of drug-likeness (QED) is 0.223. The first-order valence-electron chi connectivity index (χ1n) is 8.20. The molecule has 0 bridgehead atoms. The predicted molar refractivity (Wildman–Crippen MR) is 115 cm³/mol. The van der Waals surface area contributed by atoms with E-state index in [0.717, 1.165) is 44.3 Å². The molecule has 1 aromatic carbocycles. The first-order valence-corrected chi connectivity index (χ1v) is 9.79. The largest absolute Gasteiger partial charge is 0.465 e. The van der Waals surface area contributed by atoms with Crippen LogP contribution >= 0.6 is 23.3 Å². The Morgan fingerprint density at radius 3 is 2.70 bits per heavy atom. The van der Waals surface area contributed by atoms with Gasteiger partial charge in [-0.3, -0.25) is 4.79 Å². The second-order valence-electron chi connectivity index (χ2n) is 5.42. The fraction of sp³-hybridized carbons (Fsp3) is 0.150. The summed E-state index contributed by atoms with van der Waals surface area (Å²) in [5.41, 5.74) is 10.1. The van der Waals surface area contributed by atoms with E-state index in [1.807, 2.05) is 44.2 Å². The van der Waals surface area contributed by atoms with Crippen molar-refractivity contribution in [3.63, 3.8) is 0 Å². The van der Waals surface area contributed by atoms with Gasteiger partial charge in [-0.1, -0.05) is 24.8 Å². The second kappa shape index (κ2) is 9.89. The first-order chi connectivity index (χ1) is 13.0. The lowest BCUT2D eigenvalue weighted by atomic mass is 10.0. The van der Waals surface area contributed by atoms with Gasteiger partial charge < -0.3 is 10.1 Å². The van der Waals surface area contributed by atoms with Crippen molar-refractivity contribution in [1.29, 1.82) is 5.53 Å². The van der Waals surface area contributed by atoms with Gasteiger partial charge >= 0.3 is 0 Å². The maximum absolute atomic E-state index is 12.2. The van der Waals surface area contributed by atoms with Gasteiger partial charge in [-0.15, -0.1) is 15.9 Å². The van der Waals surface area contributed by atoms with Gasteiger partial charge in [0.15, 0.2) is 0 Å². The molecule has 7 heteroatoms. The Kier molecular flexibility index (Phi) is 7.57. The summed E-state index contributed by atoms with van der Waals surface area (Å²) >= 11 is 2.33. The maximum Gasteiger partial charge on any atom is 0.264 e. The highest BCUT2D eigenvalue weighted by Crippen LogP contribution is 2.35. The molecule has 0 saturated carbocycles. The summed E-state index contributed by atoms with van der Waals surface area (Å²) in [6.45, 7) is 9.31. The van der Waals surface area contributed by atoms with Gasteiger partial charge in [0.25, 0.3) is 5.91 Å². The molecular weight excluding hydrogens is 378 g/mol. The Morgan fingerprint density at radius 2 is 2.07 bits per heavy atom. The smallest absolute Gasteiger partial charge is 0.264 e. The molecule has 1 amide bonds. The molecule has 5 nitrogen and oxygen atoms in total. The second-order valence-corrected chi connectivity index (χ2v) is 7.31. The SMILES string of the molecule is C=CO/C(=C\C)c1ccc(C)c(-c2ccc(NC(=O)/C(=C\C)SN=N)s2)c1. The Morgan fingerprint density at radius 1 is 1.30 bits per heavy atom. The number of hydrogen-bond donors (Lipinski definition) is 2. The average Bonchev–Trinajstić information content (AvgIpc) is 3.12. The van der Waals surface area contributed by atoms with Gasteiger partial charge in [-0.05, 0) is 56.2 Å².